The van der Waals surface area contributed by atoms with E-state index in [2.05, 4.69) is 10.3 Å². The Morgan fingerprint density at radius 2 is 1.82 bits per heavy atom. The van der Waals surface area contributed by atoms with Crippen molar-refractivity contribution in [2.24, 2.45) is 11.8 Å². The third-order valence-electron chi connectivity index (χ3n) is 5.76. The fourth-order valence-corrected chi connectivity index (χ4v) is 3.57. The Balaban J connectivity index is 1.86. The zero-order valence-corrected chi connectivity index (χ0v) is 20.5. The van der Waals surface area contributed by atoms with E-state index in [4.69, 9.17) is 18.9 Å². The highest BCUT2D eigenvalue weighted by atomic mass is 16.8. The van der Waals surface area contributed by atoms with Crippen molar-refractivity contribution in [3.05, 3.63) is 46.5 Å². The van der Waals surface area contributed by atoms with E-state index in [9.17, 15) is 14.4 Å². The van der Waals surface area contributed by atoms with Crippen LogP contribution in [0.1, 0.15) is 74.0 Å². The summed E-state index contributed by atoms with van der Waals surface area (Å²) in [4.78, 5) is 41.8. The van der Waals surface area contributed by atoms with Crippen LogP contribution < -0.4 is 5.32 Å². The fraction of sp³-hybridized carbons (Fsp3) is 0.520. The van der Waals surface area contributed by atoms with Gasteiger partial charge in [0.05, 0.1) is 13.2 Å². The van der Waals surface area contributed by atoms with Gasteiger partial charge in [0.2, 0.25) is 6.29 Å². The number of nitrogens with zero attached hydrogens (tertiary/aromatic N) is 1. The first-order chi connectivity index (χ1) is 16.1. The Bertz CT molecular complexity index is 1020. The molecule has 0 spiro atoms. The molecule has 184 valence electrons. The molecule has 1 amide bonds. The highest BCUT2D eigenvalue weighted by Crippen LogP contribution is 2.39. The molecule has 1 aromatic rings. The second-order valence-corrected chi connectivity index (χ2v) is 8.83. The Labute approximate surface area is 199 Å². The van der Waals surface area contributed by atoms with E-state index in [-0.39, 0.29) is 29.3 Å². The molecule has 9 nitrogen and oxygen atoms in total. The van der Waals surface area contributed by atoms with Crippen molar-refractivity contribution >= 4 is 23.6 Å². The highest BCUT2D eigenvalue weighted by Gasteiger charge is 2.30. The molecule has 0 saturated heterocycles. The molecule has 1 heterocycles. The van der Waals surface area contributed by atoms with Crippen molar-refractivity contribution in [2.75, 3.05) is 13.7 Å². The number of hydrogen-bond donors (Lipinski definition) is 1. The minimum atomic E-state index is -1.22. The number of allylic oxidation sites excluding steroid dienone is 3. The lowest BCUT2D eigenvalue weighted by atomic mass is 9.92. The van der Waals surface area contributed by atoms with Crippen LogP contribution in [0.5, 0.6) is 0 Å². The van der Waals surface area contributed by atoms with Gasteiger partial charge in [-0.15, -0.1) is 0 Å². The predicted molar refractivity (Wildman–Crippen MR) is 124 cm³/mol. The number of carbonyl (C=O) groups is 3. The van der Waals surface area contributed by atoms with Gasteiger partial charge in [0, 0.05) is 24.9 Å². The third-order valence-corrected chi connectivity index (χ3v) is 5.76. The molecule has 34 heavy (non-hydrogen) atoms. The Morgan fingerprint density at radius 3 is 2.41 bits per heavy atom. The normalized spacial score (nSPS) is 18.3. The Hall–Kier alpha value is -3.36. The van der Waals surface area contributed by atoms with Gasteiger partial charge < -0.3 is 24.3 Å². The summed E-state index contributed by atoms with van der Waals surface area (Å²) >= 11 is 0. The summed E-state index contributed by atoms with van der Waals surface area (Å²) in [5.41, 5.74) is 2.39. The van der Waals surface area contributed by atoms with Gasteiger partial charge in [0.1, 0.15) is 11.5 Å². The smallest absolute Gasteiger partial charge is 0.497 e. The molecule has 1 N–H and O–H groups in total. The number of methoxy groups -OCH3 is 1. The molecule has 2 aliphatic carbocycles. The summed E-state index contributed by atoms with van der Waals surface area (Å²) in [6.45, 7) is 9.27. The number of pyridine rings is 1. The van der Waals surface area contributed by atoms with Crippen LogP contribution in [-0.4, -0.2) is 49.1 Å². The van der Waals surface area contributed by atoms with Gasteiger partial charge in [0.25, 0.3) is 5.91 Å². The maximum absolute atomic E-state index is 13.1. The number of ether oxygens (including phenoxy) is 4. The Morgan fingerprint density at radius 1 is 1.12 bits per heavy atom. The summed E-state index contributed by atoms with van der Waals surface area (Å²) in [7, 11) is 1.58. The molecule has 0 radical (unpaired) electrons. The number of carbonyl (C=O) groups excluding carboxylic acids is 3. The van der Waals surface area contributed by atoms with Gasteiger partial charge in [0.15, 0.2) is 5.69 Å². The van der Waals surface area contributed by atoms with Crippen LogP contribution in [0.3, 0.4) is 0 Å². The highest BCUT2D eigenvalue weighted by molar-refractivity contribution is 5.98. The summed E-state index contributed by atoms with van der Waals surface area (Å²) in [6.07, 6.45) is 1.50. The van der Waals surface area contributed by atoms with E-state index in [1.165, 1.54) is 6.92 Å². The summed E-state index contributed by atoms with van der Waals surface area (Å²) in [6, 6.07) is 3.27. The molecule has 2 aliphatic rings. The lowest BCUT2D eigenvalue weighted by molar-refractivity contribution is -0.0869. The quantitative estimate of drug-likeness (QED) is 0.419. The first kappa shape index (κ1) is 25.3. The molecule has 0 aliphatic heterocycles. The maximum Gasteiger partial charge on any atom is 0.511 e. The van der Waals surface area contributed by atoms with E-state index in [0.29, 0.717) is 23.8 Å². The van der Waals surface area contributed by atoms with Crippen molar-refractivity contribution in [3.8, 4) is 0 Å². The number of rotatable bonds is 9. The number of aromatic nitrogens is 1. The maximum atomic E-state index is 13.1. The summed E-state index contributed by atoms with van der Waals surface area (Å²) in [5, 5.41) is 2.85. The summed E-state index contributed by atoms with van der Waals surface area (Å²) < 4.78 is 20.7. The van der Waals surface area contributed by atoms with E-state index in [1.54, 1.807) is 33.1 Å². The zero-order chi connectivity index (χ0) is 25.0. The van der Waals surface area contributed by atoms with Crippen LogP contribution in [0, 0.1) is 11.8 Å². The lowest BCUT2D eigenvalue weighted by Crippen LogP contribution is -2.28. The molecule has 0 aromatic carbocycles. The minimum Gasteiger partial charge on any atom is -0.497 e. The van der Waals surface area contributed by atoms with Gasteiger partial charge in [-0.2, -0.15) is 0 Å². The lowest BCUT2D eigenvalue weighted by Gasteiger charge is -2.18. The number of nitrogens with one attached hydrogen (secondary N) is 1. The number of hydrogen-bond acceptors (Lipinski definition) is 8. The van der Waals surface area contributed by atoms with E-state index in [1.807, 2.05) is 19.9 Å². The largest absolute Gasteiger partial charge is 0.511 e. The molecule has 1 aromatic heterocycles. The van der Waals surface area contributed by atoms with Crippen molar-refractivity contribution in [3.63, 3.8) is 0 Å². The van der Waals surface area contributed by atoms with Crippen molar-refractivity contribution in [1.82, 2.24) is 10.3 Å². The predicted octanol–water partition coefficient (Wildman–Crippen LogP) is 4.24. The van der Waals surface area contributed by atoms with Crippen molar-refractivity contribution < 1.29 is 33.3 Å². The molecular weight excluding hydrogens is 440 g/mol. The van der Waals surface area contributed by atoms with E-state index in [0.717, 1.165) is 24.0 Å². The van der Waals surface area contributed by atoms with Crippen molar-refractivity contribution in [2.45, 2.75) is 59.9 Å². The molecule has 1 saturated carbocycles. The SMILES string of the molecule is COC1=C(C)[C@@H](C)C(c2ccc(C(=O)NCC3CC3)nc2C(=O)OC(C)OC(=O)OC(C)C)=C1. The van der Waals surface area contributed by atoms with Crippen LogP contribution in [0.15, 0.2) is 29.5 Å². The van der Waals surface area contributed by atoms with Crippen LogP contribution in [0.25, 0.3) is 5.57 Å². The standard InChI is InChI=1S/C25H32N2O7/c1-13(2)32-25(30)34-16(5)33-24(29)22-18(19-11-21(31-6)15(4)14(19)3)9-10-20(27-22)23(28)26-12-17-7-8-17/h9-11,13-14,16-17H,7-8,12H2,1-6H3,(H,26,28)/t14-,16?/m1/s1. The molecule has 2 atom stereocenters. The van der Waals surface area contributed by atoms with Gasteiger partial charge in [-0.1, -0.05) is 6.92 Å². The topological polar surface area (TPSA) is 113 Å². The molecule has 9 heteroatoms. The third kappa shape index (κ3) is 6.15. The number of esters is 1. The van der Waals surface area contributed by atoms with Gasteiger partial charge in [-0.3, -0.25) is 4.79 Å². The average Bonchev–Trinajstić information content (AvgIpc) is 3.56. The second-order valence-electron chi connectivity index (χ2n) is 8.83. The molecular formula is C25H32N2O7. The molecule has 1 fully saturated rings. The fourth-order valence-electron chi connectivity index (χ4n) is 3.57. The van der Waals surface area contributed by atoms with E-state index < -0.39 is 18.4 Å². The molecule has 1 unspecified atom stereocenters. The molecule has 3 rings (SSSR count). The van der Waals surface area contributed by atoms with E-state index >= 15 is 0 Å². The minimum absolute atomic E-state index is 0.0347. The summed E-state index contributed by atoms with van der Waals surface area (Å²) in [5.74, 6) is -0.0121. The van der Waals surface area contributed by atoms with Crippen LogP contribution >= 0.6 is 0 Å². The van der Waals surface area contributed by atoms with Gasteiger partial charge in [-0.25, -0.2) is 14.6 Å². The van der Waals surface area contributed by atoms with Gasteiger partial charge in [-0.05, 0) is 68.9 Å². The van der Waals surface area contributed by atoms with Crippen LogP contribution in [0.4, 0.5) is 4.79 Å². The van der Waals surface area contributed by atoms with Crippen LogP contribution in [-0.2, 0) is 18.9 Å². The molecule has 0 bridgehead atoms. The second kappa shape index (κ2) is 10.7. The Kier molecular flexibility index (Phi) is 7.96. The first-order valence-corrected chi connectivity index (χ1v) is 11.4. The average molecular weight is 473 g/mol. The van der Waals surface area contributed by atoms with Crippen molar-refractivity contribution in [1.29, 1.82) is 0 Å². The monoisotopic (exact) mass is 472 g/mol. The first-order valence-electron chi connectivity index (χ1n) is 11.4. The number of amides is 1. The van der Waals surface area contributed by atoms with Crippen LogP contribution in [0.2, 0.25) is 0 Å². The van der Waals surface area contributed by atoms with Gasteiger partial charge >= 0.3 is 12.1 Å². The zero-order valence-electron chi connectivity index (χ0n) is 20.5.